The minimum absolute atomic E-state index is 0.972. The van der Waals surface area contributed by atoms with Crippen LogP contribution in [0.1, 0.15) is 0 Å². The maximum atomic E-state index is 5.11. The number of hydrogen-bond acceptors (Lipinski definition) is 2. The van der Waals surface area contributed by atoms with Crippen molar-refractivity contribution in [3.05, 3.63) is 176 Å². The first-order valence-corrected chi connectivity index (χ1v) is 16.8. The van der Waals surface area contributed by atoms with Gasteiger partial charge in [-0.25, -0.2) is 4.98 Å². The summed E-state index contributed by atoms with van der Waals surface area (Å²) in [5.74, 6) is 0. The molecule has 0 spiro atoms. The van der Waals surface area contributed by atoms with E-state index in [-0.39, 0.29) is 0 Å². The van der Waals surface area contributed by atoms with Gasteiger partial charge in [0.2, 0.25) is 0 Å². The highest BCUT2D eigenvalue weighted by molar-refractivity contribution is 7.25. The van der Waals surface area contributed by atoms with E-state index in [0.717, 1.165) is 28.1 Å². The summed E-state index contributed by atoms with van der Waals surface area (Å²) < 4.78 is 2.67. The van der Waals surface area contributed by atoms with Crippen LogP contribution in [-0.2, 0) is 0 Å². The Balaban J connectivity index is 1.13. The van der Waals surface area contributed by atoms with Gasteiger partial charge in [0.05, 0.1) is 11.4 Å². The Labute approximate surface area is 278 Å². The van der Waals surface area contributed by atoms with Crippen LogP contribution < -0.4 is 0 Å². The highest BCUT2D eigenvalue weighted by Crippen LogP contribution is 2.40. The van der Waals surface area contributed by atoms with Crippen molar-refractivity contribution in [3.8, 4) is 55.9 Å². The van der Waals surface area contributed by atoms with Crippen molar-refractivity contribution in [1.82, 2.24) is 4.98 Å². The molecule has 7 aromatic carbocycles. The molecule has 0 N–H and O–H groups in total. The predicted octanol–water partition coefficient (Wildman–Crippen LogP) is 12.9. The van der Waals surface area contributed by atoms with Crippen molar-refractivity contribution in [1.29, 1.82) is 0 Å². The quantitative estimate of drug-likeness (QED) is 0.188. The number of thiophene rings is 1. The highest BCUT2D eigenvalue weighted by atomic mass is 32.1. The summed E-state index contributed by atoms with van der Waals surface area (Å²) in [6.07, 6.45) is 0. The van der Waals surface area contributed by atoms with E-state index in [9.17, 15) is 0 Å². The third kappa shape index (κ3) is 5.00. The molecule has 0 fully saturated rings. The summed E-state index contributed by atoms with van der Waals surface area (Å²) in [5, 5.41) is 5.13. The van der Waals surface area contributed by atoms with Crippen LogP contribution in [0.5, 0.6) is 0 Å². The second kappa shape index (κ2) is 11.5. The Kier molecular flexibility index (Phi) is 6.73. The zero-order valence-electron chi connectivity index (χ0n) is 25.6. The van der Waals surface area contributed by atoms with Gasteiger partial charge < -0.3 is 0 Å². The first-order chi connectivity index (χ1) is 23.3. The average Bonchev–Trinajstić information content (AvgIpc) is 3.53. The molecule has 0 atom stereocenters. The van der Waals surface area contributed by atoms with Gasteiger partial charge in [0.25, 0.3) is 0 Å². The molecule has 9 aromatic rings. The predicted molar refractivity (Wildman–Crippen MR) is 202 cm³/mol. The minimum Gasteiger partial charge on any atom is -0.248 e. The molecular formula is C45H29NS. The SMILES string of the molecule is c1ccc(-c2cc(-c3ccc(-c4ccc(-c5ccc6sc7ccccc7c6c5)cc4)c4ccccc34)cc(-c3ccccc3)n2)cc1. The van der Waals surface area contributed by atoms with Crippen LogP contribution in [0.4, 0.5) is 0 Å². The summed E-state index contributed by atoms with van der Waals surface area (Å²) in [5.41, 5.74) is 11.4. The standard InChI is InChI=1S/C45H29NS/c1-3-11-32(12-4-1)42-28-35(29-43(46-42)33-13-5-2-6-14-33)37-25-24-36(38-15-7-8-16-39(37)38)31-21-19-30(20-22-31)34-23-26-45-41(27-34)40-17-9-10-18-44(40)47-45/h1-29H. The number of nitrogens with zero attached hydrogens (tertiary/aromatic N) is 1. The lowest BCUT2D eigenvalue weighted by Crippen LogP contribution is -1.92. The largest absolute Gasteiger partial charge is 0.248 e. The molecule has 220 valence electrons. The van der Waals surface area contributed by atoms with E-state index in [1.54, 1.807) is 0 Å². The van der Waals surface area contributed by atoms with Gasteiger partial charge in [-0.2, -0.15) is 0 Å². The Hall–Kier alpha value is -5.83. The number of hydrogen-bond donors (Lipinski definition) is 0. The zero-order chi connectivity index (χ0) is 31.2. The van der Waals surface area contributed by atoms with Crippen molar-refractivity contribution in [2.45, 2.75) is 0 Å². The molecule has 0 aliphatic heterocycles. The summed E-state index contributed by atoms with van der Waals surface area (Å²) >= 11 is 1.86. The number of benzene rings is 7. The molecule has 0 radical (unpaired) electrons. The summed E-state index contributed by atoms with van der Waals surface area (Å²) in [4.78, 5) is 5.11. The molecule has 0 unspecified atom stereocenters. The third-order valence-corrected chi connectivity index (χ3v) is 10.3. The van der Waals surface area contributed by atoms with Gasteiger partial charge in [-0.1, -0.05) is 146 Å². The first kappa shape index (κ1) is 27.5. The van der Waals surface area contributed by atoms with E-state index in [1.165, 1.54) is 58.8 Å². The lowest BCUT2D eigenvalue weighted by atomic mass is 9.90. The van der Waals surface area contributed by atoms with Gasteiger partial charge in [0.1, 0.15) is 0 Å². The number of rotatable bonds is 5. The van der Waals surface area contributed by atoms with Gasteiger partial charge in [-0.15, -0.1) is 11.3 Å². The summed E-state index contributed by atoms with van der Waals surface area (Å²) in [7, 11) is 0. The molecule has 0 aliphatic carbocycles. The maximum Gasteiger partial charge on any atom is 0.0715 e. The van der Waals surface area contributed by atoms with Crippen LogP contribution in [0.2, 0.25) is 0 Å². The maximum absolute atomic E-state index is 5.11. The van der Waals surface area contributed by atoms with Gasteiger partial charge in [-0.3, -0.25) is 0 Å². The molecule has 0 aliphatic rings. The minimum atomic E-state index is 0.972. The molecule has 0 saturated carbocycles. The van der Waals surface area contributed by atoms with Crippen molar-refractivity contribution in [2.24, 2.45) is 0 Å². The Morgan fingerprint density at radius 3 is 1.43 bits per heavy atom. The Bertz CT molecular complexity index is 2490. The van der Waals surface area contributed by atoms with E-state index in [4.69, 9.17) is 4.98 Å². The van der Waals surface area contributed by atoms with Crippen LogP contribution in [0.25, 0.3) is 86.8 Å². The molecule has 0 saturated heterocycles. The van der Waals surface area contributed by atoms with Crippen LogP contribution in [0.3, 0.4) is 0 Å². The molecule has 1 nitrogen and oxygen atoms in total. The van der Waals surface area contributed by atoms with Crippen molar-refractivity contribution in [2.75, 3.05) is 0 Å². The van der Waals surface area contributed by atoms with Gasteiger partial charge >= 0.3 is 0 Å². The van der Waals surface area contributed by atoms with E-state index in [2.05, 4.69) is 164 Å². The highest BCUT2D eigenvalue weighted by Gasteiger charge is 2.14. The van der Waals surface area contributed by atoms with Crippen molar-refractivity contribution in [3.63, 3.8) is 0 Å². The molecule has 2 heteroatoms. The second-order valence-corrected chi connectivity index (χ2v) is 13.0. The molecule has 2 aromatic heterocycles. The molecular weight excluding hydrogens is 587 g/mol. The van der Waals surface area contributed by atoms with Gasteiger partial charge in [0.15, 0.2) is 0 Å². The molecule has 0 bridgehead atoms. The van der Waals surface area contributed by atoms with E-state index in [0.29, 0.717) is 0 Å². The second-order valence-electron chi connectivity index (χ2n) is 12.0. The van der Waals surface area contributed by atoms with Crippen molar-refractivity contribution < 1.29 is 0 Å². The number of aromatic nitrogens is 1. The van der Waals surface area contributed by atoms with Gasteiger partial charge in [0, 0.05) is 31.3 Å². The molecule has 9 rings (SSSR count). The fourth-order valence-electron chi connectivity index (χ4n) is 6.75. The van der Waals surface area contributed by atoms with Crippen molar-refractivity contribution >= 4 is 42.3 Å². The van der Waals surface area contributed by atoms with Crippen LogP contribution in [0, 0.1) is 0 Å². The van der Waals surface area contributed by atoms with E-state index >= 15 is 0 Å². The molecule has 2 heterocycles. The third-order valence-electron chi connectivity index (χ3n) is 9.11. The van der Waals surface area contributed by atoms with Crippen LogP contribution in [-0.4, -0.2) is 4.98 Å². The lowest BCUT2D eigenvalue weighted by Gasteiger charge is -2.15. The lowest BCUT2D eigenvalue weighted by molar-refractivity contribution is 1.32. The average molecular weight is 616 g/mol. The first-order valence-electron chi connectivity index (χ1n) is 16.0. The van der Waals surface area contributed by atoms with Crippen LogP contribution >= 0.6 is 11.3 Å². The topological polar surface area (TPSA) is 12.9 Å². The Morgan fingerprint density at radius 2 is 0.787 bits per heavy atom. The summed E-state index contributed by atoms with van der Waals surface area (Å²) in [6, 6.07) is 63.3. The fourth-order valence-corrected chi connectivity index (χ4v) is 7.84. The smallest absolute Gasteiger partial charge is 0.0715 e. The molecule has 0 amide bonds. The monoisotopic (exact) mass is 615 g/mol. The zero-order valence-corrected chi connectivity index (χ0v) is 26.4. The number of pyridine rings is 1. The van der Waals surface area contributed by atoms with E-state index in [1.807, 2.05) is 23.5 Å². The van der Waals surface area contributed by atoms with E-state index < -0.39 is 0 Å². The summed E-state index contributed by atoms with van der Waals surface area (Å²) in [6.45, 7) is 0. The van der Waals surface area contributed by atoms with Gasteiger partial charge in [-0.05, 0) is 74.5 Å². The number of fused-ring (bicyclic) bond motifs is 4. The fraction of sp³-hybridized carbons (Fsp3) is 0. The normalized spacial score (nSPS) is 11.4. The molecule has 47 heavy (non-hydrogen) atoms. The van der Waals surface area contributed by atoms with Crippen LogP contribution in [0.15, 0.2) is 176 Å². The Morgan fingerprint density at radius 1 is 0.298 bits per heavy atom.